The van der Waals surface area contributed by atoms with Gasteiger partial charge in [0.05, 0.1) is 21.8 Å². The third-order valence-electron chi connectivity index (χ3n) is 8.27. The SMILES string of the molecule is Cc1[nH]c(C=C2C(=O)Nc3ccc(S(=O)(=O)Cc4ccccc4F)cc32)c(C)c1C(=O)N1CCC[C@@H]1CNC1CC1. The molecule has 3 aliphatic rings. The quantitative estimate of drug-likeness (QED) is 0.340. The molecule has 1 aliphatic carbocycles. The molecule has 10 heteroatoms. The Labute approximate surface area is 238 Å². The van der Waals surface area contributed by atoms with Crippen molar-refractivity contribution < 1.29 is 22.4 Å². The molecule has 3 heterocycles. The highest BCUT2D eigenvalue weighted by Crippen LogP contribution is 2.36. The van der Waals surface area contributed by atoms with Crippen LogP contribution < -0.4 is 10.6 Å². The van der Waals surface area contributed by atoms with E-state index >= 15 is 0 Å². The van der Waals surface area contributed by atoms with Crippen LogP contribution in [0.2, 0.25) is 0 Å². The summed E-state index contributed by atoms with van der Waals surface area (Å²) in [5.41, 5.74) is 3.99. The van der Waals surface area contributed by atoms with E-state index < -0.39 is 21.4 Å². The minimum Gasteiger partial charge on any atom is -0.358 e. The van der Waals surface area contributed by atoms with Crippen molar-refractivity contribution in [2.75, 3.05) is 18.4 Å². The van der Waals surface area contributed by atoms with Crippen LogP contribution in [0.3, 0.4) is 0 Å². The molecule has 214 valence electrons. The summed E-state index contributed by atoms with van der Waals surface area (Å²) >= 11 is 0. The Kier molecular flexibility index (Phi) is 7.07. The Morgan fingerprint density at radius 2 is 1.93 bits per heavy atom. The van der Waals surface area contributed by atoms with Crippen LogP contribution in [-0.2, 0) is 20.4 Å². The van der Waals surface area contributed by atoms with E-state index in [2.05, 4.69) is 15.6 Å². The monoisotopic (exact) mass is 576 g/mol. The van der Waals surface area contributed by atoms with E-state index in [0.717, 1.165) is 37.2 Å². The van der Waals surface area contributed by atoms with Crippen LogP contribution in [0.25, 0.3) is 11.6 Å². The highest BCUT2D eigenvalue weighted by Gasteiger charge is 2.34. The summed E-state index contributed by atoms with van der Waals surface area (Å²) in [6, 6.07) is 10.9. The first kappa shape index (κ1) is 27.4. The molecule has 0 spiro atoms. The Hall–Kier alpha value is -3.76. The van der Waals surface area contributed by atoms with Crippen LogP contribution in [0.4, 0.5) is 10.1 Å². The maximum absolute atomic E-state index is 14.2. The van der Waals surface area contributed by atoms with Crippen molar-refractivity contribution >= 4 is 39.0 Å². The number of fused-ring (bicyclic) bond motifs is 1. The topological polar surface area (TPSA) is 111 Å². The third kappa shape index (κ3) is 5.34. The predicted octanol–water partition coefficient (Wildman–Crippen LogP) is 4.59. The van der Waals surface area contributed by atoms with Gasteiger partial charge in [-0.2, -0.15) is 0 Å². The summed E-state index contributed by atoms with van der Waals surface area (Å²) in [6.07, 6.45) is 6.02. The molecule has 6 rings (SSSR count). The molecular formula is C31H33FN4O4S. The van der Waals surface area contributed by atoms with E-state index in [1.165, 1.54) is 43.2 Å². The summed E-state index contributed by atoms with van der Waals surface area (Å²) in [6.45, 7) is 5.23. The second-order valence-corrected chi connectivity index (χ2v) is 13.2. The molecule has 2 amide bonds. The third-order valence-corrected chi connectivity index (χ3v) is 9.94. The molecule has 0 unspecified atom stereocenters. The highest BCUT2D eigenvalue weighted by molar-refractivity contribution is 7.90. The number of aromatic amines is 1. The van der Waals surface area contributed by atoms with Crippen LogP contribution in [0.5, 0.6) is 0 Å². The zero-order valence-electron chi connectivity index (χ0n) is 23.1. The largest absolute Gasteiger partial charge is 0.358 e. The minimum atomic E-state index is -3.88. The van der Waals surface area contributed by atoms with E-state index in [4.69, 9.17) is 0 Å². The normalized spacial score (nSPS) is 19.6. The van der Waals surface area contributed by atoms with Gasteiger partial charge in [0.1, 0.15) is 5.82 Å². The number of hydrogen-bond donors (Lipinski definition) is 3. The summed E-state index contributed by atoms with van der Waals surface area (Å²) in [5, 5.41) is 6.34. The summed E-state index contributed by atoms with van der Waals surface area (Å²) in [4.78, 5) is 31.9. The van der Waals surface area contributed by atoms with Crippen molar-refractivity contribution in [3.63, 3.8) is 0 Å². The van der Waals surface area contributed by atoms with Crippen molar-refractivity contribution in [2.45, 2.75) is 62.3 Å². The van der Waals surface area contributed by atoms with Crippen LogP contribution in [0, 0.1) is 19.7 Å². The number of carbonyl (C=O) groups excluding carboxylic acids is 2. The zero-order chi connectivity index (χ0) is 28.9. The molecule has 2 fully saturated rings. The van der Waals surface area contributed by atoms with Gasteiger partial charge >= 0.3 is 0 Å². The molecule has 2 aliphatic heterocycles. The lowest BCUT2D eigenvalue weighted by Gasteiger charge is -2.25. The summed E-state index contributed by atoms with van der Waals surface area (Å²) < 4.78 is 40.5. The number of nitrogens with zero attached hydrogens (tertiary/aromatic N) is 1. The number of likely N-dealkylation sites (tertiary alicyclic amines) is 1. The Bertz CT molecular complexity index is 1690. The van der Waals surface area contributed by atoms with Crippen LogP contribution in [0.1, 0.15) is 64.1 Å². The number of halogens is 1. The van der Waals surface area contributed by atoms with Gasteiger partial charge in [-0.15, -0.1) is 0 Å². The second-order valence-electron chi connectivity index (χ2n) is 11.2. The number of aryl methyl sites for hydroxylation is 1. The fourth-order valence-corrected chi connectivity index (χ4v) is 7.22. The highest BCUT2D eigenvalue weighted by atomic mass is 32.2. The average molecular weight is 577 g/mol. The molecule has 1 aromatic heterocycles. The predicted molar refractivity (Wildman–Crippen MR) is 156 cm³/mol. The minimum absolute atomic E-state index is 0.00274. The van der Waals surface area contributed by atoms with E-state index in [0.29, 0.717) is 34.1 Å². The van der Waals surface area contributed by atoms with Gasteiger partial charge in [0, 0.05) is 53.4 Å². The van der Waals surface area contributed by atoms with Gasteiger partial charge < -0.3 is 20.5 Å². The molecule has 1 saturated heterocycles. The fraction of sp³-hybridized carbons (Fsp3) is 0.355. The number of rotatable bonds is 8. The van der Waals surface area contributed by atoms with Crippen molar-refractivity contribution in [2.24, 2.45) is 0 Å². The first-order valence-electron chi connectivity index (χ1n) is 14.0. The Balaban J connectivity index is 1.29. The summed E-state index contributed by atoms with van der Waals surface area (Å²) in [7, 11) is -3.88. The number of nitrogens with one attached hydrogen (secondary N) is 3. The number of anilines is 1. The first-order chi connectivity index (χ1) is 19.6. The number of aromatic nitrogens is 1. The first-order valence-corrected chi connectivity index (χ1v) is 15.6. The second kappa shape index (κ2) is 10.6. The van der Waals surface area contributed by atoms with Gasteiger partial charge in [-0.1, -0.05) is 18.2 Å². The van der Waals surface area contributed by atoms with Crippen molar-refractivity contribution in [1.29, 1.82) is 0 Å². The van der Waals surface area contributed by atoms with Gasteiger partial charge in [-0.05, 0) is 75.4 Å². The molecule has 2 aromatic carbocycles. The van der Waals surface area contributed by atoms with Gasteiger partial charge in [-0.3, -0.25) is 9.59 Å². The number of benzene rings is 2. The van der Waals surface area contributed by atoms with Crippen LogP contribution in [-0.4, -0.2) is 55.3 Å². The standard InChI is InChI=1S/C31H33FN4O4S/c1-18-28(34-19(2)29(18)31(38)36-13-5-7-22(36)16-33-21-9-10-21)15-25-24-14-23(11-12-27(24)35-30(25)37)41(39,40)17-20-6-3-4-8-26(20)32/h3-4,6,8,11-12,14-15,21-22,33-34H,5,7,9-10,13,16-17H2,1-2H3,(H,35,37)/t22-/m1/s1. The van der Waals surface area contributed by atoms with Gasteiger partial charge in [-0.25, -0.2) is 12.8 Å². The average Bonchev–Trinajstić information content (AvgIpc) is 3.45. The number of amides is 2. The Morgan fingerprint density at radius 3 is 2.68 bits per heavy atom. The number of sulfone groups is 1. The molecule has 3 aromatic rings. The Morgan fingerprint density at radius 1 is 1.15 bits per heavy atom. The van der Waals surface area contributed by atoms with Gasteiger partial charge in [0.25, 0.3) is 11.8 Å². The number of H-pyrrole nitrogens is 1. The van der Waals surface area contributed by atoms with Crippen molar-refractivity contribution in [3.8, 4) is 0 Å². The van der Waals surface area contributed by atoms with Gasteiger partial charge in [0.15, 0.2) is 9.84 Å². The molecule has 3 N–H and O–H groups in total. The molecule has 0 bridgehead atoms. The smallest absolute Gasteiger partial charge is 0.256 e. The molecule has 0 radical (unpaired) electrons. The van der Waals surface area contributed by atoms with Crippen LogP contribution in [0.15, 0.2) is 47.4 Å². The molecule has 1 atom stereocenters. The maximum atomic E-state index is 14.2. The van der Waals surface area contributed by atoms with Crippen LogP contribution >= 0.6 is 0 Å². The number of hydrogen-bond acceptors (Lipinski definition) is 5. The van der Waals surface area contributed by atoms with E-state index in [1.807, 2.05) is 18.7 Å². The molecule has 41 heavy (non-hydrogen) atoms. The molecule has 1 saturated carbocycles. The van der Waals surface area contributed by atoms with E-state index in [-0.39, 0.29) is 28.3 Å². The molecule has 8 nitrogen and oxygen atoms in total. The van der Waals surface area contributed by atoms with Crippen molar-refractivity contribution in [3.05, 3.63) is 81.9 Å². The zero-order valence-corrected chi connectivity index (χ0v) is 23.9. The maximum Gasteiger partial charge on any atom is 0.256 e. The molecular weight excluding hydrogens is 543 g/mol. The summed E-state index contributed by atoms with van der Waals surface area (Å²) in [5.74, 6) is -1.46. The lowest BCUT2D eigenvalue weighted by atomic mass is 10.0. The van der Waals surface area contributed by atoms with Crippen molar-refractivity contribution in [1.82, 2.24) is 15.2 Å². The van der Waals surface area contributed by atoms with E-state index in [1.54, 1.807) is 18.2 Å². The lowest BCUT2D eigenvalue weighted by molar-refractivity contribution is -0.110. The van der Waals surface area contributed by atoms with Gasteiger partial charge in [0.2, 0.25) is 0 Å². The lowest BCUT2D eigenvalue weighted by Crippen LogP contribution is -2.42. The number of carbonyl (C=O) groups is 2. The van der Waals surface area contributed by atoms with E-state index in [9.17, 15) is 22.4 Å². The fourth-order valence-electron chi connectivity index (χ4n) is 5.84.